The van der Waals surface area contributed by atoms with Gasteiger partial charge >= 0.3 is 0 Å². The zero-order valence-corrected chi connectivity index (χ0v) is 39.5. The molecular formula is C40H43N2O16S6-5. The fourth-order valence-corrected chi connectivity index (χ4v) is 12.4. The molecule has 1 fully saturated rings. The van der Waals surface area contributed by atoms with Gasteiger partial charge in [0.05, 0.1) is 35.5 Å². The van der Waals surface area contributed by atoms with Crippen LogP contribution in [0.4, 0.5) is 11.4 Å². The summed E-state index contributed by atoms with van der Waals surface area (Å²) < 4.78 is 153. The Bertz CT molecular complexity index is 2910. The van der Waals surface area contributed by atoms with Gasteiger partial charge < -0.3 is 42.3 Å². The molecule has 3 aliphatic rings. The predicted octanol–water partition coefficient (Wildman–Crippen LogP) is 3.61. The van der Waals surface area contributed by atoms with Gasteiger partial charge in [0.15, 0.2) is 5.71 Å². The SMILES string of the molecule is CC12CC\C(=C/C=C(/C=C/CC3N(CCCCS(=O)(=O)[O-])c4ccc5cc(S(=O)(=O)[O-])cc(SO[O-])c5c4C3(C)C)S(=O)(=O)[O-])C1=[N+](CCCCS(=O)(=O)[O-])c1ccc(SO[O-])cc12. The number of unbranched alkanes of at least 4 members (excludes halogenated alkanes) is 2. The van der Waals surface area contributed by atoms with Crippen molar-refractivity contribution in [1.82, 2.24) is 0 Å². The van der Waals surface area contributed by atoms with E-state index < -0.39 is 78.7 Å². The summed E-state index contributed by atoms with van der Waals surface area (Å²) >= 11 is 0.954. The Morgan fingerprint density at radius 2 is 1.53 bits per heavy atom. The molecule has 350 valence electrons. The van der Waals surface area contributed by atoms with E-state index in [2.05, 4.69) is 8.67 Å². The maximum absolute atomic E-state index is 12.8. The molecule has 0 radical (unpaired) electrons. The van der Waals surface area contributed by atoms with Crippen LogP contribution in [-0.4, -0.2) is 92.8 Å². The van der Waals surface area contributed by atoms with Gasteiger partial charge in [-0.1, -0.05) is 32.1 Å². The molecule has 18 nitrogen and oxygen atoms in total. The van der Waals surface area contributed by atoms with Gasteiger partial charge in [-0.3, -0.25) is 0 Å². The summed E-state index contributed by atoms with van der Waals surface area (Å²) in [5.74, 6) is -1.15. The number of hydrogen-bond donors (Lipinski definition) is 0. The molecule has 0 saturated heterocycles. The smallest absolute Gasteiger partial charge is 0.209 e. The predicted molar refractivity (Wildman–Crippen MR) is 230 cm³/mol. The second-order valence-electron chi connectivity index (χ2n) is 16.5. The summed E-state index contributed by atoms with van der Waals surface area (Å²) in [6.07, 6.45) is 7.29. The third-order valence-corrected chi connectivity index (χ3v) is 16.4. The van der Waals surface area contributed by atoms with Crippen molar-refractivity contribution in [2.24, 2.45) is 0 Å². The van der Waals surface area contributed by atoms with Crippen LogP contribution in [-0.2, 0) is 60.0 Å². The Balaban J connectivity index is 1.37. The normalized spacial score (nSPS) is 20.8. The third-order valence-electron chi connectivity index (χ3n) is 12.0. The van der Waals surface area contributed by atoms with Gasteiger partial charge in [0, 0.05) is 98.1 Å². The van der Waals surface area contributed by atoms with E-state index in [0.29, 0.717) is 82.4 Å². The van der Waals surface area contributed by atoms with Crippen molar-refractivity contribution in [3.63, 3.8) is 0 Å². The summed E-state index contributed by atoms with van der Waals surface area (Å²) in [4.78, 5) is 1.38. The van der Waals surface area contributed by atoms with Crippen molar-refractivity contribution >= 4 is 92.4 Å². The zero-order valence-electron chi connectivity index (χ0n) is 34.6. The first kappa shape index (κ1) is 50.2. The van der Waals surface area contributed by atoms with Gasteiger partial charge in [-0.2, -0.15) is 4.58 Å². The molecule has 1 saturated carbocycles. The lowest BCUT2D eigenvalue weighted by Gasteiger charge is -2.34. The Labute approximate surface area is 381 Å². The number of benzene rings is 3. The fraction of sp³-hybridized carbons (Fsp3) is 0.425. The molecule has 0 bridgehead atoms. The molecule has 0 amide bonds. The van der Waals surface area contributed by atoms with E-state index in [9.17, 15) is 62.4 Å². The summed E-state index contributed by atoms with van der Waals surface area (Å²) in [5.41, 5.74) is 2.85. The largest absolute Gasteiger partial charge is 0.748 e. The van der Waals surface area contributed by atoms with E-state index in [1.807, 2.05) is 36.3 Å². The van der Waals surface area contributed by atoms with Gasteiger partial charge in [0.1, 0.15) is 26.8 Å². The second-order valence-corrected chi connectivity index (χ2v) is 23.8. The monoisotopic (exact) mass is 999 g/mol. The molecule has 0 aromatic heterocycles. The summed E-state index contributed by atoms with van der Waals surface area (Å²) in [6.45, 7) is 6.23. The summed E-state index contributed by atoms with van der Waals surface area (Å²) in [5, 5.41) is 23.1. The van der Waals surface area contributed by atoms with E-state index in [4.69, 9.17) is 0 Å². The molecule has 6 rings (SSSR count). The summed E-state index contributed by atoms with van der Waals surface area (Å²) in [7, 11) is -19.0. The highest BCUT2D eigenvalue weighted by atomic mass is 32.2. The van der Waals surface area contributed by atoms with Crippen LogP contribution in [0.25, 0.3) is 10.8 Å². The van der Waals surface area contributed by atoms with Crippen molar-refractivity contribution < 1.29 is 75.6 Å². The quantitative estimate of drug-likeness (QED) is 0.0297. The fourth-order valence-electron chi connectivity index (χ4n) is 9.29. The van der Waals surface area contributed by atoms with Crippen molar-refractivity contribution in [3.8, 4) is 0 Å². The topological polar surface area (TPSA) is 300 Å². The van der Waals surface area contributed by atoms with Gasteiger partial charge in [-0.05, 0) is 98.9 Å². The highest BCUT2D eigenvalue weighted by molar-refractivity contribution is 7.95. The van der Waals surface area contributed by atoms with Crippen LogP contribution in [0.3, 0.4) is 0 Å². The van der Waals surface area contributed by atoms with Gasteiger partial charge in [-0.15, -0.1) is 0 Å². The van der Waals surface area contributed by atoms with E-state index >= 15 is 0 Å². The van der Waals surface area contributed by atoms with Crippen LogP contribution in [0, 0.1) is 0 Å². The maximum Gasteiger partial charge on any atom is 0.209 e. The maximum atomic E-state index is 12.8. The third kappa shape index (κ3) is 11.0. The minimum Gasteiger partial charge on any atom is -0.748 e. The van der Waals surface area contributed by atoms with E-state index in [1.165, 1.54) is 24.3 Å². The first-order valence-corrected chi connectivity index (χ1v) is 27.2. The van der Waals surface area contributed by atoms with Crippen molar-refractivity contribution in [3.05, 3.63) is 88.4 Å². The number of allylic oxidation sites excluding steroid dienone is 4. The van der Waals surface area contributed by atoms with Crippen LogP contribution in [0.15, 0.2) is 91.9 Å². The Morgan fingerprint density at radius 3 is 2.16 bits per heavy atom. The molecule has 2 atom stereocenters. The van der Waals surface area contributed by atoms with Crippen molar-refractivity contribution in [1.29, 1.82) is 0 Å². The van der Waals surface area contributed by atoms with Crippen LogP contribution >= 0.6 is 24.1 Å². The molecule has 24 heteroatoms. The summed E-state index contributed by atoms with van der Waals surface area (Å²) in [6, 6.07) is 10.3. The number of rotatable bonds is 20. The minimum atomic E-state index is -5.08. The van der Waals surface area contributed by atoms with Crippen molar-refractivity contribution in [2.45, 2.75) is 97.3 Å². The number of hydrogen-bond acceptors (Lipinski definition) is 19. The van der Waals surface area contributed by atoms with E-state index in [0.717, 1.165) is 23.0 Å². The van der Waals surface area contributed by atoms with Gasteiger partial charge in [-0.25, -0.2) is 33.7 Å². The van der Waals surface area contributed by atoms with Crippen LogP contribution in [0.2, 0.25) is 0 Å². The molecule has 0 spiro atoms. The molecule has 2 aliphatic heterocycles. The van der Waals surface area contributed by atoms with Crippen LogP contribution in [0.1, 0.15) is 76.8 Å². The van der Waals surface area contributed by atoms with Crippen LogP contribution < -0.4 is 15.4 Å². The van der Waals surface area contributed by atoms with Crippen molar-refractivity contribution in [2.75, 3.05) is 29.5 Å². The molecule has 1 aliphatic carbocycles. The van der Waals surface area contributed by atoms with E-state index in [-0.39, 0.29) is 37.1 Å². The molecule has 3 aromatic rings. The lowest BCUT2D eigenvalue weighted by atomic mass is 9.77. The number of nitrogens with zero attached hydrogens (tertiary/aromatic N) is 2. The van der Waals surface area contributed by atoms with Gasteiger partial charge in [0.25, 0.3) is 0 Å². The molecule has 0 N–H and O–H groups in total. The minimum absolute atomic E-state index is 0.0251. The average Bonchev–Trinajstić information content (AvgIpc) is 3.72. The highest BCUT2D eigenvalue weighted by Gasteiger charge is 2.54. The van der Waals surface area contributed by atoms with Crippen LogP contribution in [0.5, 0.6) is 0 Å². The highest BCUT2D eigenvalue weighted by Crippen LogP contribution is 2.53. The average molecular weight is 1000 g/mol. The first-order valence-electron chi connectivity index (χ1n) is 19.8. The molecule has 2 heterocycles. The van der Waals surface area contributed by atoms with Gasteiger partial charge in [0.2, 0.25) is 5.69 Å². The molecule has 64 heavy (non-hydrogen) atoms. The second kappa shape index (κ2) is 19.2. The number of anilines is 1. The molecule has 3 aromatic carbocycles. The Kier molecular flexibility index (Phi) is 15.0. The van der Waals surface area contributed by atoms with E-state index in [1.54, 1.807) is 30.3 Å². The lowest BCUT2D eigenvalue weighted by Crippen LogP contribution is -2.41. The Morgan fingerprint density at radius 1 is 0.859 bits per heavy atom. The first-order chi connectivity index (χ1) is 29.8. The molecular weight excluding hydrogens is 957 g/mol. The number of fused-ring (bicyclic) bond motifs is 6. The standard InChI is InChI=1S/C40H48N2O16S6/c1-39(2)35(41(19-4-6-21-61(45,46)47)33-15-12-27-23-30(64(54,55)56)25-34(60-58-44)36(27)37(33)39)10-8-9-29(63(51,52)53)14-11-26-17-18-40(3)31-24-28(59-57-43)13-16-32(31)42(38(26)40)20-5-7-22-62(48,49)50/h8-9,11-16,23-25,35H,4-7,10,17-22H2,1-3H3,(H5-,43,44,45,46,47,48,49,50,51,52,53,54,55,56)/p-5/b9-8+,26-11+,29-14-. The molecule has 2 unspecified atom stereocenters. The Hall–Kier alpha value is -3.21. The zero-order chi connectivity index (χ0) is 47.0. The lowest BCUT2D eigenvalue weighted by molar-refractivity contribution is -0.630.